The molecule has 2 saturated heterocycles. The van der Waals surface area contributed by atoms with E-state index in [4.69, 9.17) is 4.74 Å². The van der Waals surface area contributed by atoms with E-state index in [9.17, 15) is 4.79 Å². The first-order valence-electron chi connectivity index (χ1n) is 8.42. The van der Waals surface area contributed by atoms with Crippen LogP contribution in [-0.4, -0.2) is 54.2 Å². The predicted molar refractivity (Wildman–Crippen MR) is 89.0 cm³/mol. The van der Waals surface area contributed by atoms with Gasteiger partial charge in [0.2, 0.25) is 5.91 Å². The number of hydrogen-bond donors (Lipinski definition) is 1. The Bertz CT molecular complexity index is 534. The van der Waals surface area contributed by atoms with E-state index in [-0.39, 0.29) is 18.1 Å². The van der Waals surface area contributed by atoms with Gasteiger partial charge in [0, 0.05) is 37.9 Å². The van der Waals surface area contributed by atoms with Crippen molar-refractivity contribution in [1.29, 1.82) is 0 Å². The Morgan fingerprint density at radius 3 is 3.22 bits per heavy atom. The van der Waals surface area contributed by atoms with Crippen LogP contribution in [0.2, 0.25) is 0 Å². The fourth-order valence-electron chi connectivity index (χ4n) is 3.49. The lowest BCUT2D eigenvalue weighted by molar-refractivity contribution is -0.132. The first kappa shape index (κ1) is 16.1. The molecule has 0 radical (unpaired) electrons. The van der Waals surface area contributed by atoms with Gasteiger partial charge in [-0.15, -0.1) is 6.58 Å². The van der Waals surface area contributed by atoms with E-state index in [0.717, 1.165) is 44.6 Å². The summed E-state index contributed by atoms with van der Waals surface area (Å²) < 4.78 is 6.00. The second-order valence-electron chi connectivity index (χ2n) is 6.36. The summed E-state index contributed by atoms with van der Waals surface area (Å²) in [5, 5.41) is 2.99. The Morgan fingerprint density at radius 1 is 1.52 bits per heavy atom. The molecular formula is C18H25N3O2. The molecule has 124 valence electrons. The number of aromatic nitrogens is 1. The molecule has 2 fully saturated rings. The molecule has 5 nitrogen and oxygen atoms in total. The lowest BCUT2D eigenvalue weighted by Gasteiger charge is -2.33. The van der Waals surface area contributed by atoms with Gasteiger partial charge in [-0.2, -0.15) is 0 Å². The van der Waals surface area contributed by atoms with Crippen LogP contribution in [0.25, 0.3) is 0 Å². The highest BCUT2D eigenvalue weighted by atomic mass is 16.5. The Balaban J connectivity index is 1.43. The van der Waals surface area contributed by atoms with Gasteiger partial charge in [-0.05, 0) is 37.4 Å². The van der Waals surface area contributed by atoms with Crippen molar-refractivity contribution in [1.82, 2.24) is 15.2 Å². The Labute approximate surface area is 137 Å². The number of carbonyl (C=O) groups is 1. The number of pyridine rings is 1. The molecular weight excluding hydrogens is 290 g/mol. The van der Waals surface area contributed by atoms with Crippen molar-refractivity contribution in [3.63, 3.8) is 0 Å². The molecule has 0 aliphatic carbocycles. The zero-order chi connectivity index (χ0) is 16.1. The normalized spacial score (nSPS) is 27.4. The maximum Gasteiger partial charge on any atom is 0.249 e. The Hall–Kier alpha value is -1.72. The zero-order valence-corrected chi connectivity index (χ0v) is 13.5. The van der Waals surface area contributed by atoms with Crippen LogP contribution in [0.4, 0.5) is 0 Å². The molecule has 0 aromatic carbocycles. The molecule has 3 heterocycles. The van der Waals surface area contributed by atoms with Gasteiger partial charge in [0.15, 0.2) is 0 Å². The lowest BCUT2D eigenvalue weighted by atomic mass is 9.91. The molecule has 0 bridgehead atoms. The van der Waals surface area contributed by atoms with Gasteiger partial charge < -0.3 is 10.1 Å². The largest absolute Gasteiger partial charge is 0.364 e. The molecule has 1 N–H and O–H groups in total. The maximum atomic E-state index is 12.3. The SMILES string of the molecule is C=CCN1CC[C@@H]2C[C@H](C(=O)NCCc3ccccn3)O[C@H]2C1. The average Bonchev–Trinajstić information content (AvgIpc) is 2.99. The summed E-state index contributed by atoms with van der Waals surface area (Å²) in [6.07, 6.45) is 6.30. The maximum absolute atomic E-state index is 12.3. The van der Waals surface area contributed by atoms with E-state index in [1.54, 1.807) is 6.20 Å². The summed E-state index contributed by atoms with van der Waals surface area (Å²) in [6.45, 7) is 7.28. The van der Waals surface area contributed by atoms with Crippen LogP contribution < -0.4 is 5.32 Å². The number of fused-ring (bicyclic) bond motifs is 1. The van der Waals surface area contributed by atoms with Crippen molar-refractivity contribution >= 4 is 5.91 Å². The quantitative estimate of drug-likeness (QED) is 0.807. The van der Waals surface area contributed by atoms with Gasteiger partial charge >= 0.3 is 0 Å². The molecule has 2 aliphatic rings. The summed E-state index contributed by atoms with van der Waals surface area (Å²) >= 11 is 0. The molecule has 1 aromatic rings. The summed E-state index contributed by atoms with van der Waals surface area (Å²) in [4.78, 5) is 18.9. The fourth-order valence-corrected chi connectivity index (χ4v) is 3.49. The summed E-state index contributed by atoms with van der Waals surface area (Å²) in [7, 11) is 0. The lowest BCUT2D eigenvalue weighted by Crippen LogP contribution is -2.42. The number of amides is 1. The Kier molecular flexibility index (Phi) is 5.41. The topological polar surface area (TPSA) is 54.5 Å². The molecule has 3 atom stereocenters. The standard InChI is InChI=1S/C18H25N3O2/c1-2-10-21-11-7-14-12-16(23-17(14)13-21)18(22)20-9-6-15-5-3-4-8-19-15/h2-5,8,14,16-17H,1,6-7,9-13H2,(H,20,22)/t14-,16-,17+/m1/s1. The van der Waals surface area contributed by atoms with Gasteiger partial charge in [0.05, 0.1) is 6.10 Å². The average molecular weight is 315 g/mol. The van der Waals surface area contributed by atoms with Gasteiger partial charge in [-0.1, -0.05) is 12.1 Å². The highest BCUT2D eigenvalue weighted by Gasteiger charge is 2.41. The van der Waals surface area contributed by atoms with Crippen LogP contribution >= 0.6 is 0 Å². The van der Waals surface area contributed by atoms with Crippen LogP contribution in [0.1, 0.15) is 18.5 Å². The van der Waals surface area contributed by atoms with Gasteiger partial charge in [-0.3, -0.25) is 14.7 Å². The van der Waals surface area contributed by atoms with Crippen LogP contribution in [0, 0.1) is 5.92 Å². The monoisotopic (exact) mass is 315 g/mol. The molecule has 1 amide bonds. The minimum absolute atomic E-state index is 0.0191. The molecule has 5 heteroatoms. The van der Waals surface area contributed by atoms with E-state index in [2.05, 4.69) is 21.8 Å². The first-order valence-corrected chi connectivity index (χ1v) is 8.42. The van der Waals surface area contributed by atoms with Crippen LogP contribution in [0.5, 0.6) is 0 Å². The molecule has 0 spiro atoms. The van der Waals surface area contributed by atoms with E-state index in [1.165, 1.54) is 0 Å². The van der Waals surface area contributed by atoms with E-state index in [0.29, 0.717) is 12.5 Å². The first-order chi connectivity index (χ1) is 11.3. The fraction of sp³-hybridized carbons (Fsp3) is 0.556. The van der Waals surface area contributed by atoms with Crippen molar-refractivity contribution in [2.24, 2.45) is 5.92 Å². The number of nitrogens with one attached hydrogen (secondary N) is 1. The van der Waals surface area contributed by atoms with E-state index in [1.807, 2.05) is 24.3 Å². The third kappa shape index (κ3) is 4.18. The molecule has 1 aromatic heterocycles. The van der Waals surface area contributed by atoms with Crippen molar-refractivity contribution in [2.75, 3.05) is 26.2 Å². The number of hydrogen-bond acceptors (Lipinski definition) is 4. The summed E-state index contributed by atoms with van der Waals surface area (Å²) in [6, 6.07) is 5.83. The van der Waals surface area contributed by atoms with Crippen LogP contribution in [0.15, 0.2) is 37.1 Å². The van der Waals surface area contributed by atoms with Gasteiger partial charge in [-0.25, -0.2) is 0 Å². The number of rotatable bonds is 6. The number of piperidine rings is 1. The smallest absolute Gasteiger partial charge is 0.249 e. The second-order valence-corrected chi connectivity index (χ2v) is 6.36. The number of carbonyl (C=O) groups excluding carboxylic acids is 1. The molecule has 3 rings (SSSR count). The number of ether oxygens (including phenoxy) is 1. The zero-order valence-electron chi connectivity index (χ0n) is 13.5. The third-order valence-electron chi connectivity index (χ3n) is 4.72. The Morgan fingerprint density at radius 2 is 2.43 bits per heavy atom. The summed E-state index contributed by atoms with van der Waals surface area (Å²) in [5.74, 6) is 0.535. The van der Waals surface area contributed by atoms with Crippen LogP contribution in [0.3, 0.4) is 0 Å². The summed E-state index contributed by atoms with van der Waals surface area (Å²) in [5.41, 5.74) is 0.994. The number of likely N-dealkylation sites (tertiary alicyclic amines) is 1. The van der Waals surface area contributed by atoms with Crippen molar-refractivity contribution in [3.05, 3.63) is 42.7 Å². The van der Waals surface area contributed by atoms with Gasteiger partial charge in [0.25, 0.3) is 0 Å². The molecule has 2 aliphatic heterocycles. The van der Waals surface area contributed by atoms with Crippen LogP contribution in [-0.2, 0) is 16.0 Å². The second kappa shape index (κ2) is 7.70. The minimum Gasteiger partial charge on any atom is -0.364 e. The minimum atomic E-state index is -0.294. The van der Waals surface area contributed by atoms with Crippen molar-refractivity contribution < 1.29 is 9.53 Å². The van der Waals surface area contributed by atoms with Crippen molar-refractivity contribution in [3.8, 4) is 0 Å². The molecule has 0 saturated carbocycles. The number of nitrogens with zero attached hydrogens (tertiary/aromatic N) is 2. The highest BCUT2D eigenvalue weighted by molar-refractivity contribution is 5.81. The van der Waals surface area contributed by atoms with Crippen molar-refractivity contribution in [2.45, 2.75) is 31.5 Å². The van der Waals surface area contributed by atoms with E-state index < -0.39 is 0 Å². The van der Waals surface area contributed by atoms with Gasteiger partial charge in [0.1, 0.15) is 6.10 Å². The third-order valence-corrected chi connectivity index (χ3v) is 4.72. The molecule has 23 heavy (non-hydrogen) atoms. The highest BCUT2D eigenvalue weighted by Crippen LogP contribution is 2.33. The van der Waals surface area contributed by atoms with E-state index >= 15 is 0 Å². The predicted octanol–water partition coefficient (Wildman–Crippen LogP) is 1.41. The molecule has 0 unspecified atom stereocenters.